The minimum absolute atomic E-state index is 0.000886. The highest BCUT2D eigenvalue weighted by Crippen LogP contribution is 2.65. The lowest BCUT2D eigenvalue weighted by molar-refractivity contribution is 0.245. The van der Waals surface area contributed by atoms with Crippen LogP contribution in [0.1, 0.15) is 166 Å². The first-order chi connectivity index (χ1) is 37.7. The molecule has 0 amide bonds. The molecule has 0 saturated heterocycles. The zero-order valence-electron chi connectivity index (χ0n) is 50.6. The van der Waals surface area contributed by atoms with E-state index in [-0.39, 0.29) is 39.2 Å². The van der Waals surface area contributed by atoms with Gasteiger partial charge in [-0.25, -0.2) is 0 Å². The summed E-state index contributed by atoms with van der Waals surface area (Å²) >= 11 is 0. The minimum atomic E-state index is -0.410. The first kappa shape index (κ1) is 51.4. The minimum Gasteiger partial charge on any atom is -0.330 e. The molecule has 0 fully saturated rings. The van der Waals surface area contributed by atoms with Crippen LogP contribution in [0.4, 0.5) is 45.5 Å². The Morgan fingerprint density at radius 2 is 0.950 bits per heavy atom. The lowest BCUT2D eigenvalue weighted by atomic mass is 9.33. The Labute approximate surface area is 479 Å². The molecular weight excluding hydrogens is 966 g/mol. The van der Waals surface area contributed by atoms with E-state index in [1.807, 2.05) is 0 Å². The van der Waals surface area contributed by atoms with Crippen LogP contribution in [0.25, 0.3) is 11.1 Å². The van der Waals surface area contributed by atoms with Crippen molar-refractivity contribution in [3.05, 3.63) is 207 Å². The number of anilines is 8. The number of hydrogen-bond acceptors (Lipinski definition) is 3. The van der Waals surface area contributed by atoms with Crippen molar-refractivity contribution < 1.29 is 0 Å². The van der Waals surface area contributed by atoms with Gasteiger partial charge in [0.25, 0.3) is 6.71 Å². The van der Waals surface area contributed by atoms with Crippen molar-refractivity contribution in [3.8, 4) is 11.1 Å². The van der Waals surface area contributed by atoms with Gasteiger partial charge in [-0.1, -0.05) is 194 Å². The molecule has 8 aromatic carbocycles. The number of hydrogen-bond donors (Lipinski definition) is 0. The number of fused-ring (bicyclic) bond motifs is 11. The van der Waals surface area contributed by atoms with E-state index in [2.05, 4.69) is 270 Å². The second-order valence-corrected chi connectivity index (χ2v) is 30.4. The van der Waals surface area contributed by atoms with E-state index in [0.717, 1.165) is 38.5 Å². The van der Waals surface area contributed by atoms with Crippen molar-refractivity contribution in [2.75, 3.05) is 14.7 Å². The molecule has 6 aliphatic rings. The zero-order chi connectivity index (χ0) is 56.0. The largest absolute Gasteiger partial charge is 0.330 e. The molecule has 404 valence electrons. The van der Waals surface area contributed by atoms with Crippen molar-refractivity contribution in [1.29, 1.82) is 0 Å². The molecule has 8 aromatic rings. The predicted octanol–water partition coefficient (Wildman–Crippen LogP) is 17.8. The van der Waals surface area contributed by atoms with E-state index < -0.39 is 5.54 Å². The summed E-state index contributed by atoms with van der Waals surface area (Å²) < 4.78 is 0. The maximum Gasteiger partial charge on any atom is 0.252 e. The second-order valence-electron chi connectivity index (χ2n) is 30.4. The van der Waals surface area contributed by atoms with Gasteiger partial charge in [-0.3, -0.25) is 0 Å². The number of benzene rings is 8. The topological polar surface area (TPSA) is 9.72 Å². The van der Waals surface area contributed by atoms with Crippen LogP contribution in [0.15, 0.2) is 152 Å². The highest BCUT2D eigenvalue weighted by molar-refractivity contribution is 7.00. The fraction of sp³-hybridized carbons (Fsp3) is 0.368. The zero-order valence-corrected chi connectivity index (χ0v) is 50.6. The Bertz CT molecular complexity index is 3910. The van der Waals surface area contributed by atoms with E-state index in [1.165, 1.54) is 129 Å². The summed E-state index contributed by atoms with van der Waals surface area (Å²) in [5.74, 6) is 0. The van der Waals surface area contributed by atoms with Gasteiger partial charge in [0.15, 0.2) is 0 Å². The third-order valence-corrected chi connectivity index (χ3v) is 20.5. The van der Waals surface area contributed by atoms with Crippen LogP contribution in [-0.4, -0.2) is 6.71 Å². The number of nitrogens with zero attached hydrogens (tertiary/aromatic N) is 3. The molecular formula is C76H82BN3. The first-order valence-electron chi connectivity index (χ1n) is 30.2. The molecule has 14 rings (SSSR count). The Kier molecular flexibility index (Phi) is 10.9. The molecule has 0 saturated carbocycles. The molecule has 3 nitrogen and oxygen atoms in total. The van der Waals surface area contributed by atoms with Crippen molar-refractivity contribution in [2.24, 2.45) is 10.8 Å². The Morgan fingerprint density at radius 1 is 0.400 bits per heavy atom. The summed E-state index contributed by atoms with van der Waals surface area (Å²) in [6.07, 6.45) is 6.48. The highest BCUT2D eigenvalue weighted by Gasteiger charge is 2.60. The van der Waals surface area contributed by atoms with Crippen molar-refractivity contribution in [2.45, 2.75) is 170 Å². The third kappa shape index (κ3) is 7.58. The van der Waals surface area contributed by atoms with Gasteiger partial charge in [0.2, 0.25) is 0 Å². The molecule has 0 radical (unpaired) electrons. The van der Waals surface area contributed by atoms with Crippen LogP contribution in [0.2, 0.25) is 0 Å². The first-order valence-corrected chi connectivity index (χ1v) is 30.2. The Morgan fingerprint density at radius 3 is 1.62 bits per heavy atom. The summed E-state index contributed by atoms with van der Waals surface area (Å²) in [5, 5.41) is 0. The smallest absolute Gasteiger partial charge is 0.252 e. The fourth-order valence-corrected chi connectivity index (χ4v) is 16.1. The lowest BCUT2D eigenvalue weighted by Gasteiger charge is -2.52. The van der Waals surface area contributed by atoms with Crippen LogP contribution in [0.3, 0.4) is 0 Å². The maximum atomic E-state index is 2.83. The van der Waals surface area contributed by atoms with Gasteiger partial charge in [0, 0.05) is 50.8 Å². The molecule has 2 atom stereocenters. The van der Waals surface area contributed by atoms with Crippen LogP contribution >= 0.6 is 0 Å². The van der Waals surface area contributed by atoms with E-state index in [0.29, 0.717) is 0 Å². The maximum absolute atomic E-state index is 2.83. The van der Waals surface area contributed by atoms with Crippen LogP contribution < -0.4 is 31.1 Å². The van der Waals surface area contributed by atoms with Gasteiger partial charge in [-0.15, -0.1) is 0 Å². The van der Waals surface area contributed by atoms with Gasteiger partial charge >= 0.3 is 0 Å². The van der Waals surface area contributed by atoms with E-state index >= 15 is 0 Å². The van der Waals surface area contributed by atoms with Crippen LogP contribution in [-0.2, 0) is 59.3 Å². The van der Waals surface area contributed by atoms with Gasteiger partial charge in [0.1, 0.15) is 0 Å². The molecule has 0 bridgehead atoms. The molecule has 2 unspecified atom stereocenters. The second kappa shape index (κ2) is 16.9. The standard InChI is InChI=1S/C76H82BN3/c1-70(2,3)53-26-30-63(58(38-53)47-21-17-16-18-22-47)79-65-32-28-55(72(7,8)9)40-62(65)77-61-36-51-45-74(12,13)46-52(51)37-66(61)78(56-29-25-49-43-73(10,11)44-50(49)35-56)67-41-57(42-68(79)69(67)77)80-64-31-27-54(71(4,5)6)39-60(64)75(14)34-33-48-23-19-20-24-59(48)76(75,80)15/h16-32,35-42H,33-34,43-46H2,1-15H3. The van der Waals surface area contributed by atoms with Crippen LogP contribution in [0.5, 0.6) is 0 Å². The summed E-state index contributed by atoms with van der Waals surface area (Å²) in [7, 11) is 0. The molecule has 3 aliphatic heterocycles. The molecule has 80 heavy (non-hydrogen) atoms. The summed E-state index contributed by atoms with van der Waals surface area (Å²) in [5.41, 5.74) is 31.0. The number of aryl methyl sites for hydroxylation is 1. The Hall–Kier alpha value is -6.78. The average Bonchev–Trinajstić information content (AvgIpc) is 4.11. The number of rotatable bonds is 4. The van der Waals surface area contributed by atoms with E-state index in [4.69, 9.17) is 0 Å². The van der Waals surface area contributed by atoms with Gasteiger partial charge in [-0.2, -0.15) is 0 Å². The SMILES string of the molecule is CC1(C)Cc2ccc(N3c4cc5c(cc4B4c6cc(C(C)(C)C)ccc6N(c6ccc(C(C)(C)C)cc6-c6ccccc6)c6cc(N7c8ccc(C(C)(C)C)cc8C8(C)CCc9ccccc9C78C)cc3c64)CC(C)(C)C5)cc2C1. The van der Waals surface area contributed by atoms with Crippen LogP contribution in [0, 0.1) is 10.8 Å². The normalized spacial score (nSPS) is 20.8. The monoisotopic (exact) mass is 1050 g/mol. The van der Waals surface area contributed by atoms with E-state index in [1.54, 1.807) is 0 Å². The molecule has 4 heteroatoms. The molecule has 0 N–H and O–H groups in total. The lowest BCUT2D eigenvalue weighted by Crippen LogP contribution is -2.62. The highest BCUT2D eigenvalue weighted by atomic mass is 15.3. The summed E-state index contributed by atoms with van der Waals surface area (Å²) in [6.45, 7) is 36.4. The quantitative estimate of drug-likeness (QED) is 0.163. The molecule has 3 heterocycles. The van der Waals surface area contributed by atoms with Crippen molar-refractivity contribution in [1.82, 2.24) is 0 Å². The third-order valence-electron chi connectivity index (χ3n) is 20.5. The Balaban J connectivity index is 1.14. The molecule has 0 spiro atoms. The van der Waals surface area contributed by atoms with Crippen molar-refractivity contribution >= 4 is 68.6 Å². The van der Waals surface area contributed by atoms with Gasteiger partial charge in [0.05, 0.1) is 11.2 Å². The summed E-state index contributed by atoms with van der Waals surface area (Å²) in [4.78, 5) is 8.30. The fourth-order valence-electron chi connectivity index (χ4n) is 16.1. The average molecular weight is 1050 g/mol. The van der Waals surface area contributed by atoms with E-state index in [9.17, 15) is 0 Å². The van der Waals surface area contributed by atoms with Gasteiger partial charge in [-0.05, 0) is 205 Å². The predicted molar refractivity (Wildman–Crippen MR) is 342 cm³/mol. The van der Waals surface area contributed by atoms with Gasteiger partial charge < -0.3 is 14.7 Å². The molecule has 3 aliphatic carbocycles. The molecule has 0 aromatic heterocycles. The van der Waals surface area contributed by atoms with Crippen molar-refractivity contribution in [3.63, 3.8) is 0 Å². The summed E-state index contributed by atoms with van der Waals surface area (Å²) in [6, 6.07) is 61.3.